The lowest BCUT2D eigenvalue weighted by Crippen LogP contribution is -2.40. The largest absolute Gasteiger partial charge is 0.378 e. The predicted molar refractivity (Wildman–Crippen MR) is 131 cm³/mol. The van der Waals surface area contributed by atoms with E-state index in [4.69, 9.17) is 4.74 Å². The second kappa shape index (κ2) is 9.46. The Hall–Kier alpha value is -3.39. The Kier molecular flexibility index (Phi) is 6.24. The van der Waals surface area contributed by atoms with Crippen molar-refractivity contribution in [2.24, 2.45) is 0 Å². The zero-order chi connectivity index (χ0) is 23.7. The molecule has 3 aromatic rings. The van der Waals surface area contributed by atoms with E-state index in [1.165, 1.54) is 5.56 Å². The van der Waals surface area contributed by atoms with Crippen molar-refractivity contribution in [2.45, 2.75) is 18.8 Å². The highest BCUT2D eigenvalue weighted by atomic mass is 16.5. The fraction of sp³-hybridized carbons (Fsp3) is 0.423. The number of aromatic nitrogens is 2. The van der Waals surface area contributed by atoms with Gasteiger partial charge in [0.05, 0.1) is 30.5 Å². The average Bonchev–Trinajstić information content (AvgIpc) is 3.32. The smallest absolute Gasteiger partial charge is 0.257 e. The molecule has 2 aliphatic rings. The van der Waals surface area contributed by atoms with Gasteiger partial charge in [0.2, 0.25) is 0 Å². The molecule has 5 rings (SSSR count). The number of fused-ring (bicyclic) bond motifs is 1. The summed E-state index contributed by atoms with van der Waals surface area (Å²) in [5.41, 5.74) is 4.43. The molecular formula is C26H31N5O3. The van der Waals surface area contributed by atoms with Crippen molar-refractivity contribution in [3.8, 4) is 0 Å². The lowest BCUT2D eigenvalue weighted by Gasteiger charge is -2.32. The van der Waals surface area contributed by atoms with E-state index < -0.39 is 0 Å². The Balaban J connectivity index is 1.29. The molecular weight excluding hydrogens is 430 g/mol. The average molecular weight is 462 g/mol. The number of nitrogens with zero attached hydrogens (tertiary/aromatic N) is 5. The van der Waals surface area contributed by atoms with Crippen LogP contribution in [-0.4, -0.2) is 84.7 Å². The number of hydrogen-bond acceptors (Lipinski definition) is 5. The molecule has 0 saturated carbocycles. The molecule has 1 aromatic carbocycles. The summed E-state index contributed by atoms with van der Waals surface area (Å²) in [6.45, 7) is 3.82. The summed E-state index contributed by atoms with van der Waals surface area (Å²) in [6.07, 6.45) is 5.40. The summed E-state index contributed by atoms with van der Waals surface area (Å²) in [7, 11) is 3.96. The van der Waals surface area contributed by atoms with Crippen LogP contribution in [0.15, 0.2) is 48.8 Å². The molecule has 2 aliphatic heterocycles. The van der Waals surface area contributed by atoms with Gasteiger partial charge in [-0.3, -0.25) is 9.59 Å². The van der Waals surface area contributed by atoms with Crippen molar-refractivity contribution in [1.82, 2.24) is 19.4 Å². The summed E-state index contributed by atoms with van der Waals surface area (Å²) in [6, 6.07) is 12.0. The highest BCUT2D eigenvalue weighted by molar-refractivity contribution is 6.00. The molecule has 0 atom stereocenters. The summed E-state index contributed by atoms with van der Waals surface area (Å²) in [5, 5.41) is 4.39. The number of carbonyl (C=O) groups is 2. The molecule has 0 spiro atoms. The predicted octanol–water partition coefficient (Wildman–Crippen LogP) is 2.89. The normalized spacial score (nSPS) is 17.2. The maximum Gasteiger partial charge on any atom is 0.257 e. The van der Waals surface area contributed by atoms with E-state index in [-0.39, 0.29) is 11.8 Å². The van der Waals surface area contributed by atoms with Crippen molar-refractivity contribution in [3.63, 3.8) is 0 Å². The minimum absolute atomic E-state index is 0.0100. The second-order valence-corrected chi connectivity index (χ2v) is 9.26. The van der Waals surface area contributed by atoms with Crippen LogP contribution in [0.3, 0.4) is 0 Å². The third kappa shape index (κ3) is 4.37. The summed E-state index contributed by atoms with van der Waals surface area (Å²) in [4.78, 5) is 31.9. The molecule has 8 heteroatoms. The van der Waals surface area contributed by atoms with Gasteiger partial charge in [-0.2, -0.15) is 5.10 Å². The van der Waals surface area contributed by atoms with Gasteiger partial charge < -0.3 is 19.4 Å². The van der Waals surface area contributed by atoms with E-state index in [1.54, 1.807) is 10.7 Å². The van der Waals surface area contributed by atoms with E-state index in [2.05, 4.69) is 17.2 Å². The minimum atomic E-state index is 0.0100. The molecule has 0 bridgehead atoms. The molecule has 0 radical (unpaired) electrons. The number of carbonyl (C=O) groups excluding carboxylic acids is 2. The number of rotatable bonds is 4. The Morgan fingerprint density at radius 2 is 1.71 bits per heavy atom. The van der Waals surface area contributed by atoms with Gasteiger partial charge in [0, 0.05) is 57.7 Å². The van der Waals surface area contributed by atoms with Crippen molar-refractivity contribution >= 4 is 23.0 Å². The van der Waals surface area contributed by atoms with Crippen LogP contribution in [0.25, 0.3) is 5.52 Å². The zero-order valence-corrected chi connectivity index (χ0v) is 19.8. The number of piperidine rings is 1. The van der Waals surface area contributed by atoms with Crippen LogP contribution in [0.4, 0.5) is 5.69 Å². The molecule has 2 fully saturated rings. The maximum absolute atomic E-state index is 13.1. The fourth-order valence-corrected chi connectivity index (χ4v) is 4.87. The number of benzene rings is 1. The molecule has 8 nitrogen and oxygen atoms in total. The van der Waals surface area contributed by atoms with Crippen LogP contribution < -0.4 is 4.90 Å². The zero-order valence-electron chi connectivity index (χ0n) is 19.8. The van der Waals surface area contributed by atoms with E-state index in [0.717, 1.165) is 42.7 Å². The van der Waals surface area contributed by atoms with E-state index in [1.807, 2.05) is 59.3 Å². The summed E-state index contributed by atoms with van der Waals surface area (Å²) < 4.78 is 7.15. The SMILES string of the molecule is CN(C)c1cccc(C(=O)N2CCC(c3ccn4ncc(C(=O)N5CCOCC5)c4c3)CC2)c1. The Bertz CT molecular complexity index is 1190. The highest BCUT2D eigenvalue weighted by Gasteiger charge is 2.26. The monoisotopic (exact) mass is 461 g/mol. The van der Waals surface area contributed by atoms with Crippen LogP contribution in [0.5, 0.6) is 0 Å². The maximum atomic E-state index is 13.1. The molecule has 178 valence electrons. The van der Waals surface area contributed by atoms with E-state index >= 15 is 0 Å². The minimum Gasteiger partial charge on any atom is -0.378 e. The van der Waals surface area contributed by atoms with Gasteiger partial charge in [-0.15, -0.1) is 0 Å². The van der Waals surface area contributed by atoms with Crippen molar-refractivity contribution in [3.05, 3.63) is 65.5 Å². The number of ether oxygens (including phenoxy) is 1. The summed E-state index contributed by atoms with van der Waals surface area (Å²) >= 11 is 0. The van der Waals surface area contributed by atoms with E-state index in [0.29, 0.717) is 37.8 Å². The van der Waals surface area contributed by atoms with E-state index in [9.17, 15) is 9.59 Å². The summed E-state index contributed by atoms with van der Waals surface area (Å²) in [5.74, 6) is 0.450. The van der Waals surface area contributed by atoms with Gasteiger partial charge in [-0.25, -0.2) is 4.52 Å². The standard InChI is InChI=1S/C26H31N5O3/c1-28(2)22-5-3-4-21(16-22)25(32)29-9-6-19(7-10-29)20-8-11-31-24(17-20)23(18-27-31)26(33)30-12-14-34-15-13-30/h3-5,8,11,16-19H,6-7,9-10,12-15H2,1-2H3. The van der Waals surface area contributed by atoms with Crippen molar-refractivity contribution in [1.29, 1.82) is 0 Å². The molecule has 2 aromatic heterocycles. The first kappa shape index (κ1) is 22.4. The number of morpholine rings is 1. The number of anilines is 1. The van der Waals surface area contributed by atoms with Crippen molar-refractivity contribution < 1.29 is 14.3 Å². The molecule has 34 heavy (non-hydrogen) atoms. The number of hydrogen-bond donors (Lipinski definition) is 0. The first-order chi connectivity index (χ1) is 16.5. The van der Waals surface area contributed by atoms with Crippen LogP contribution >= 0.6 is 0 Å². The van der Waals surface area contributed by atoms with Crippen LogP contribution in [-0.2, 0) is 4.74 Å². The molecule has 2 amide bonds. The quantitative estimate of drug-likeness (QED) is 0.598. The van der Waals surface area contributed by atoms with Gasteiger partial charge >= 0.3 is 0 Å². The Morgan fingerprint density at radius 3 is 2.44 bits per heavy atom. The second-order valence-electron chi connectivity index (χ2n) is 9.26. The van der Waals surface area contributed by atoms with Gasteiger partial charge in [0.15, 0.2) is 0 Å². The third-order valence-electron chi connectivity index (χ3n) is 6.94. The van der Waals surface area contributed by atoms with Crippen LogP contribution in [0.2, 0.25) is 0 Å². The molecule has 0 N–H and O–H groups in total. The first-order valence-corrected chi connectivity index (χ1v) is 11.9. The molecule has 0 aliphatic carbocycles. The van der Waals surface area contributed by atoms with Crippen LogP contribution in [0, 0.1) is 0 Å². The number of amides is 2. The lowest BCUT2D eigenvalue weighted by atomic mass is 9.89. The molecule has 2 saturated heterocycles. The van der Waals surface area contributed by atoms with Crippen LogP contribution in [0.1, 0.15) is 45.0 Å². The van der Waals surface area contributed by atoms with Gasteiger partial charge in [-0.1, -0.05) is 6.07 Å². The number of likely N-dealkylation sites (tertiary alicyclic amines) is 1. The van der Waals surface area contributed by atoms with Crippen molar-refractivity contribution in [2.75, 3.05) is 58.4 Å². The Labute approximate surface area is 199 Å². The van der Waals surface area contributed by atoms with Gasteiger partial charge in [-0.05, 0) is 54.7 Å². The fourth-order valence-electron chi connectivity index (χ4n) is 4.87. The lowest BCUT2D eigenvalue weighted by molar-refractivity contribution is 0.0304. The van der Waals surface area contributed by atoms with Gasteiger partial charge in [0.25, 0.3) is 11.8 Å². The first-order valence-electron chi connectivity index (χ1n) is 11.9. The Morgan fingerprint density at radius 1 is 0.971 bits per heavy atom. The topological polar surface area (TPSA) is 70.4 Å². The highest BCUT2D eigenvalue weighted by Crippen LogP contribution is 2.30. The number of pyridine rings is 1. The molecule has 0 unspecified atom stereocenters. The van der Waals surface area contributed by atoms with Gasteiger partial charge in [0.1, 0.15) is 0 Å². The third-order valence-corrected chi connectivity index (χ3v) is 6.94. The molecule has 4 heterocycles.